The number of carbonyl (C=O) groups excluding carboxylic acids is 1. The largest absolute Gasteiger partial charge is 0.326 e. The SMILES string of the molecule is CC(CCC(C)(F)c1ccc(-c2ccc3c(c2)NC(=O)C3)cc1)S(N)(=O)=O. The average Bonchev–Trinajstić information content (AvgIpc) is 2.98. The summed E-state index contributed by atoms with van der Waals surface area (Å²) in [5.41, 5.74) is 2.47. The molecule has 1 amide bonds. The minimum absolute atomic E-state index is 0.0144. The summed E-state index contributed by atoms with van der Waals surface area (Å²) in [6, 6.07) is 12.9. The lowest BCUT2D eigenvalue weighted by molar-refractivity contribution is -0.115. The molecule has 3 N–H and O–H groups in total. The Morgan fingerprint density at radius 1 is 1.19 bits per heavy atom. The van der Waals surface area contributed by atoms with Crippen molar-refractivity contribution in [3.05, 3.63) is 53.6 Å². The topological polar surface area (TPSA) is 89.3 Å². The minimum atomic E-state index is -3.66. The van der Waals surface area contributed by atoms with Gasteiger partial charge in [-0.1, -0.05) is 36.4 Å². The van der Waals surface area contributed by atoms with Gasteiger partial charge in [-0.15, -0.1) is 0 Å². The number of benzene rings is 2. The molecule has 3 rings (SSSR count). The van der Waals surface area contributed by atoms with Crippen LogP contribution in [-0.2, 0) is 26.9 Å². The van der Waals surface area contributed by atoms with Crippen LogP contribution in [0.1, 0.15) is 37.8 Å². The number of nitrogens with one attached hydrogen (secondary N) is 1. The number of rotatable bonds is 6. The van der Waals surface area contributed by atoms with Crippen molar-refractivity contribution in [1.29, 1.82) is 0 Å². The summed E-state index contributed by atoms with van der Waals surface area (Å²) in [4.78, 5) is 11.5. The van der Waals surface area contributed by atoms with Gasteiger partial charge in [0.05, 0.1) is 11.7 Å². The summed E-state index contributed by atoms with van der Waals surface area (Å²) in [6.07, 6.45) is 0.610. The normalized spacial score (nSPS) is 17.1. The number of hydrogen-bond donors (Lipinski definition) is 2. The van der Waals surface area contributed by atoms with Crippen molar-refractivity contribution in [1.82, 2.24) is 0 Å². The van der Waals surface area contributed by atoms with Gasteiger partial charge < -0.3 is 5.32 Å². The third-order valence-corrected chi connectivity index (χ3v) is 6.49. The zero-order valence-electron chi connectivity index (χ0n) is 15.3. The van der Waals surface area contributed by atoms with Crippen LogP contribution in [0.4, 0.5) is 10.1 Å². The van der Waals surface area contributed by atoms with E-state index in [-0.39, 0.29) is 18.7 Å². The number of primary sulfonamides is 1. The third-order valence-electron chi connectivity index (χ3n) is 5.14. The molecule has 1 aliphatic heterocycles. The van der Waals surface area contributed by atoms with Crippen molar-refractivity contribution < 1.29 is 17.6 Å². The van der Waals surface area contributed by atoms with Gasteiger partial charge in [0.1, 0.15) is 5.67 Å². The smallest absolute Gasteiger partial charge is 0.228 e. The van der Waals surface area contributed by atoms with Crippen molar-refractivity contribution in [2.24, 2.45) is 5.14 Å². The van der Waals surface area contributed by atoms with E-state index in [0.29, 0.717) is 12.0 Å². The molecule has 0 aromatic heterocycles. The maximum atomic E-state index is 15.0. The van der Waals surface area contributed by atoms with Crippen LogP contribution in [0, 0.1) is 0 Å². The first-order chi connectivity index (χ1) is 12.6. The first-order valence-electron chi connectivity index (χ1n) is 8.80. The van der Waals surface area contributed by atoms with Crippen LogP contribution in [0.5, 0.6) is 0 Å². The van der Waals surface area contributed by atoms with Crippen molar-refractivity contribution in [3.8, 4) is 11.1 Å². The van der Waals surface area contributed by atoms with Crippen LogP contribution >= 0.6 is 0 Å². The lowest BCUT2D eigenvalue weighted by atomic mass is 9.90. The van der Waals surface area contributed by atoms with Gasteiger partial charge in [-0.05, 0) is 55.0 Å². The highest BCUT2D eigenvalue weighted by atomic mass is 32.2. The Labute approximate surface area is 158 Å². The number of fused-ring (bicyclic) bond motifs is 1. The highest BCUT2D eigenvalue weighted by molar-refractivity contribution is 7.89. The molecule has 0 aliphatic carbocycles. The predicted molar refractivity (Wildman–Crippen MR) is 104 cm³/mol. The van der Waals surface area contributed by atoms with Crippen LogP contribution in [0.3, 0.4) is 0 Å². The molecule has 144 valence electrons. The molecule has 27 heavy (non-hydrogen) atoms. The fraction of sp³-hybridized carbons (Fsp3) is 0.350. The van der Waals surface area contributed by atoms with E-state index >= 15 is 4.39 Å². The van der Waals surface area contributed by atoms with Crippen molar-refractivity contribution in [2.45, 2.75) is 44.0 Å². The number of carbonyl (C=O) groups is 1. The predicted octanol–water partition coefficient (Wildman–Crippen LogP) is 3.49. The maximum absolute atomic E-state index is 15.0. The number of sulfonamides is 1. The van der Waals surface area contributed by atoms with Crippen LogP contribution in [-0.4, -0.2) is 19.6 Å². The maximum Gasteiger partial charge on any atom is 0.228 e. The van der Waals surface area contributed by atoms with E-state index < -0.39 is 20.9 Å². The van der Waals surface area contributed by atoms with Gasteiger partial charge in [0.15, 0.2) is 0 Å². The highest BCUT2D eigenvalue weighted by Crippen LogP contribution is 2.34. The number of nitrogens with two attached hydrogens (primary N) is 1. The molecule has 2 aromatic rings. The number of hydrogen-bond acceptors (Lipinski definition) is 3. The van der Waals surface area contributed by atoms with Gasteiger partial charge in [0.25, 0.3) is 0 Å². The summed E-state index contributed by atoms with van der Waals surface area (Å²) >= 11 is 0. The molecule has 1 aliphatic rings. The minimum Gasteiger partial charge on any atom is -0.326 e. The van der Waals surface area contributed by atoms with Gasteiger partial charge in [-0.25, -0.2) is 17.9 Å². The molecule has 0 saturated heterocycles. The van der Waals surface area contributed by atoms with Gasteiger partial charge in [-0.2, -0.15) is 0 Å². The molecule has 7 heteroatoms. The Bertz CT molecular complexity index is 969. The van der Waals surface area contributed by atoms with E-state index in [1.165, 1.54) is 13.8 Å². The van der Waals surface area contributed by atoms with E-state index in [0.717, 1.165) is 22.4 Å². The second-order valence-corrected chi connectivity index (χ2v) is 9.29. The molecule has 0 saturated carbocycles. The molecular weight excluding hydrogens is 367 g/mol. The van der Waals surface area contributed by atoms with Crippen LogP contribution in [0.2, 0.25) is 0 Å². The number of alkyl halides is 1. The highest BCUT2D eigenvalue weighted by Gasteiger charge is 2.28. The first kappa shape index (κ1) is 19.5. The standard InChI is InChI=1S/C20H23FN2O3S/c1-13(27(22,25)26)9-10-20(2,21)17-7-5-14(6-8-17)15-3-4-16-12-19(24)23-18(16)11-15/h3-8,11,13H,9-10,12H2,1-2H3,(H,23,24)(H2,22,25,26). The van der Waals surface area contributed by atoms with Crippen molar-refractivity contribution >= 4 is 21.6 Å². The van der Waals surface area contributed by atoms with E-state index in [2.05, 4.69) is 5.32 Å². The Morgan fingerprint density at radius 2 is 1.81 bits per heavy atom. The molecule has 2 unspecified atom stereocenters. The van der Waals surface area contributed by atoms with Crippen LogP contribution < -0.4 is 10.5 Å². The Morgan fingerprint density at radius 3 is 2.44 bits per heavy atom. The first-order valence-corrected chi connectivity index (χ1v) is 10.4. The van der Waals surface area contributed by atoms with E-state index in [4.69, 9.17) is 5.14 Å². The molecule has 0 radical (unpaired) electrons. The Kier molecular flexibility index (Phi) is 5.10. The molecule has 2 aromatic carbocycles. The van der Waals surface area contributed by atoms with Crippen molar-refractivity contribution in [2.75, 3.05) is 5.32 Å². The lowest BCUT2D eigenvalue weighted by Gasteiger charge is -2.22. The quantitative estimate of drug-likeness (QED) is 0.791. The molecule has 5 nitrogen and oxygen atoms in total. The zero-order chi connectivity index (χ0) is 19.8. The number of amides is 1. The van der Waals surface area contributed by atoms with E-state index in [9.17, 15) is 13.2 Å². The summed E-state index contributed by atoms with van der Waals surface area (Å²) in [5.74, 6) is -0.0144. The van der Waals surface area contributed by atoms with Gasteiger partial charge in [0.2, 0.25) is 15.9 Å². The van der Waals surface area contributed by atoms with Crippen molar-refractivity contribution in [3.63, 3.8) is 0 Å². The molecule has 0 spiro atoms. The molecule has 0 fully saturated rings. The number of anilines is 1. The van der Waals surface area contributed by atoms with E-state index in [1.54, 1.807) is 12.1 Å². The average molecular weight is 390 g/mol. The van der Waals surface area contributed by atoms with Gasteiger partial charge in [0, 0.05) is 5.69 Å². The second-order valence-electron chi connectivity index (χ2n) is 7.31. The molecular formula is C20H23FN2O3S. The lowest BCUT2D eigenvalue weighted by Crippen LogP contribution is -2.28. The molecule has 1 heterocycles. The number of halogens is 1. The summed E-state index contributed by atoms with van der Waals surface area (Å²) in [5, 5.41) is 7.14. The Balaban J connectivity index is 1.75. The van der Waals surface area contributed by atoms with Gasteiger partial charge in [-0.3, -0.25) is 4.79 Å². The van der Waals surface area contributed by atoms with Crippen LogP contribution in [0.15, 0.2) is 42.5 Å². The summed E-state index contributed by atoms with van der Waals surface area (Å²) < 4.78 is 37.7. The van der Waals surface area contributed by atoms with Gasteiger partial charge >= 0.3 is 0 Å². The summed E-state index contributed by atoms with van der Waals surface area (Å²) in [7, 11) is -3.66. The van der Waals surface area contributed by atoms with E-state index in [1.807, 2.05) is 30.3 Å². The third kappa shape index (κ3) is 4.36. The monoisotopic (exact) mass is 390 g/mol. The molecule has 0 bridgehead atoms. The second kappa shape index (κ2) is 7.05. The van der Waals surface area contributed by atoms with Crippen LogP contribution in [0.25, 0.3) is 11.1 Å². The Hall–Kier alpha value is -2.25. The summed E-state index contributed by atoms with van der Waals surface area (Å²) in [6.45, 7) is 2.93. The zero-order valence-corrected chi connectivity index (χ0v) is 16.1. The molecule has 2 atom stereocenters. The fourth-order valence-corrected chi connectivity index (χ4v) is 3.63. The fourth-order valence-electron chi connectivity index (χ4n) is 3.19.